The minimum absolute atomic E-state index is 0.562. The Morgan fingerprint density at radius 3 is 3.17 bits per heavy atom. The normalized spacial score (nSPS) is 20.4. The molecule has 0 spiro atoms. The first-order valence-corrected chi connectivity index (χ1v) is 7.76. The van der Waals surface area contributed by atoms with Crippen molar-refractivity contribution in [3.8, 4) is 0 Å². The summed E-state index contributed by atoms with van der Waals surface area (Å²) in [7, 11) is 0. The van der Waals surface area contributed by atoms with Crippen molar-refractivity contribution in [1.29, 1.82) is 0 Å². The summed E-state index contributed by atoms with van der Waals surface area (Å²) in [6, 6.07) is 6.15. The van der Waals surface area contributed by atoms with Crippen LogP contribution in [0.2, 0.25) is 0 Å². The van der Waals surface area contributed by atoms with E-state index in [9.17, 15) is 0 Å². The molecule has 2 aromatic rings. The minimum Gasteiger partial charge on any atom is -0.325 e. The second-order valence-electron chi connectivity index (χ2n) is 4.97. The van der Waals surface area contributed by atoms with Gasteiger partial charge in [-0.05, 0) is 48.8 Å². The van der Waals surface area contributed by atoms with Gasteiger partial charge < -0.3 is 10.1 Å². The molecule has 2 aromatic heterocycles. The molecule has 1 aliphatic rings. The van der Waals surface area contributed by atoms with Crippen LogP contribution >= 0.6 is 11.8 Å². The summed E-state index contributed by atoms with van der Waals surface area (Å²) in [4.78, 5) is 4.71. The fraction of sp³-hybridized carbons (Fsp3) is 0.500. The molecular formula is C14H19N3S. The molecular weight excluding hydrogens is 242 g/mol. The summed E-state index contributed by atoms with van der Waals surface area (Å²) in [5, 5.41) is 0. The lowest BCUT2D eigenvalue weighted by Gasteiger charge is -2.19. The second-order valence-corrected chi connectivity index (χ2v) is 6.12. The molecule has 0 radical (unpaired) electrons. The Balaban J connectivity index is 1.84. The number of nitrogens with zero attached hydrogens (tertiary/aromatic N) is 2. The maximum absolute atomic E-state index is 5.76. The van der Waals surface area contributed by atoms with Gasteiger partial charge in [-0.2, -0.15) is 11.8 Å². The Hall–Kier alpha value is -1.00. The maximum atomic E-state index is 5.76. The van der Waals surface area contributed by atoms with Crippen LogP contribution in [0.4, 0.5) is 0 Å². The zero-order valence-corrected chi connectivity index (χ0v) is 11.3. The lowest BCUT2D eigenvalue weighted by atomic mass is 10.00. The number of nitrogens with two attached hydrogens (primary N) is 1. The maximum Gasteiger partial charge on any atom is 0.137 e. The van der Waals surface area contributed by atoms with Crippen LogP contribution in [0.1, 0.15) is 24.2 Å². The zero-order chi connectivity index (χ0) is 12.4. The van der Waals surface area contributed by atoms with Gasteiger partial charge in [0.1, 0.15) is 5.65 Å². The van der Waals surface area contributed by atoms with Crippen molar-refractivity contribution >= 4 is 17.4 Å². The summed E-state index contributed by atoms with van der Waals surface area (Å²) in [5.41, 5.74) is 9.12. The third-order valence-electron chi connectivity index (χ3n) is 3.59. The SMILES string of the molecule is NCc1cccc2nc(CC3CCCSC3)cn12. The highest BCUT2D eigenvalue weighted by molar-refractivity contribution is 7.99. The largest absolute Gasteiger partial charge is 0.325 e. The van der Waals surface area contributed by atoms with Crippen LogP contribution in [0, 0.1) is 5.92 Å². The third kappa shape index (κ3) is 2.40. The molecule has 0 aliphatic carbocycles. The highest BCUT2D eigenvalue weighted by Gasteiger charge is 2.16. The van der Waals surface area contributed by atoms with E-state index >= 15 is 0 Å². The van der Waals surface area contributed by atoms with E-state index in [-0.39, 0.29) is 0 Å². The molecule has 3 rings (SSSR count). The summed E-state index contributed by atoms with van der Waals surface area (Å²) in [5.74, 6) is 3.42. The number of imidazole rings is 1. The van der Waals surface area contributed by atoms with Crippen LogP contribution in [0.15, 0.2) is 24.4 Å². The van der Waals surface area contributed by atoms with Crippen molar-refractivity contribution in [2.45, 2.75) is 25.8 Å². The standard InChI is InChI=1S/C14H19N3S/c15-8-13-4-1-5-14-16-12(9-17(13)14)7-11-3-2-6-18-10-11/h1,4-5,9,11H,2-3,6-8,10,15H2. The van der Waals surface area contributed by atoms with Crippen molar-refractivity contribution < 1.29 is 0 Å². The quantitative estimate of drug-likeness (QED) is 0.923. The molecule has 0 aromatic carbocycles. The van der Waals surface area contributed by atoms with E-state index < -0.39 is 0 Å². The fourth-order valence-electron chi connectivity index (χ4n) is 2.65. The molecule has 0 bridgehead atoms. The van der Waals surface area contributed by atoms with Gasteiger partial charge in [0.25, 0.3) is 0 Å². The third-order valence-corrected chi connectivity index (χ3v) is 4.87. The first kappa shape index (κ1) is 12.1. The highest BCUT2D eigenvalue weighted by atomic mass is 32.2. The monoisotopic (exact) mass is 261 g/mol. The van der Waals surface area contributed by atoms with Crippen molar-refractivity contribution in [3.63, 3.8) is 0 Å². The Morgan fingerprint density at radius 2 is 2.39 bits per heavy atom. The van der Waals surface area contributed by atoms with Gasteiger partial charge in [-0.15, -0.1) is 0 Å². The van der Waals surface area contributed by atoms with E-state index in [0.29, 0.717) is 6.54 Å². The molecule has 0 saturated carbocycles. The Bertz CT molecular complexity index is 529. The van der Waals surface area contributed by atoms with Crippen LogP contribution in [-0.4, -0.2) is 20.9 Å². The van der Waals surface area contributed by atoms with E-state index in [2.05, 4.69) is 34.5 Å². The molecule has 96 valence electrons. The number of fused-ring (bicyclic) bond motifs is 1. The molecule has 0 amide bonds. The lowest BCUT2D eigenvalue weighted by Crippen LogP contribution is -2.13. The topological polar surface area (TPSA) is 43.3 Å². The summed E-state index contributed by atoms with van der Waals surface area (Å²) < 4.78 is 2.13. The first-order chi connectivity index (χ1) is 8.86. The molecule has 1 aliphatic heterocycles. The van der Waals surface area contributed by atoms with Crippen LogP contribution in [-0.2, 0) is 13.0 Å². The molecule has 2 N–H and O–H groups in total. The number of hydrogen-bond donors (Lipinski definition) is 1. The molecule has 3 heterocycles. The van der Waals surface area contributed by atoms with E-state index in [1.165, 1.54) is 30.0 Å². The van der Waals surface area contributed by atoms with Crippen LogP contribution in [0.5, 0.6) is 0 Å². The Morgan fingerprint density at radius 1 is 1.44 bits per heavy atom. The van der Waals surface area contributed by atoms with Gasteiger partial charge >= 0.3 is 0 Å². The fourth-order valence-corrected chi connectivity index (χ4v) is 3.80. The van der Waals surface area contributed by atoms with Gasteiger partial charge in [0.05, 0.1) is 5.69 Å². The summed E-state index contributed by atoms with van der Waals surface area (Å²) >= 11 is 2.08. The van der Waals surface area contributed by atoms with Gasteiger partial charge in [0.15, 0.2) is 0 Å². The van der Waals surface area contributed by atoms with Gasteiger partial charge in [0, 0.05) is 18.4 Å². The predicted molar refractivity (Wildman–Crippen MR) is 76.8 cm³/mol. The molecule has 1 saturated heterocycles. The van der Waals surface area contributed by atoms with E-state index in [1.54, 1.807) is 0 Å². The summed E-state index contributed by atoms with van der Waals surface area (Å²) in [6.45, 7) is 0.562. The van der Waals surface area contributed by atoms with Gasteiger partial charge in [-0.1, -0.05) is 6.07 Å². The molecule has 18 heavy (non-hydrogen) atoms. The second kappa shape index (κ2) is 5.33. The van der Waals surface area contributed by atoms with Crippen LogP contribution in [0.25, 0.3) is 5.65 Å². The van der Waals surface area contributed by atoms with Crippen LogP contribution < -0.4 is 5.73 Å². The van der Waals surface area contributed by atoms with Crippen molar-refractivity contribution in [1.82, 2.24) is 9.38 Å². The van der Waals surface area contributed by atoms with E-state index in [0.717, 1.165) is 23.7 Å². The van der Waals surface area contributed by atoms with E-state index in [4.69, 9.17) is 10.7 Å². The molecule has 1 unspecified atom stereocenters. The Labute approximate surface area is 112 Å². The Kier molecular flexibility index (Phi) is 3.57. The highest BCUT2D eigenvalue weighted by Crippen LogP contribution is 2.25. The van der Waals surface area contributed by atoms with Gasteiger partial charge in [-0.25, -0.2) is 4.98 Å². The summed E-state index contributed by atoms with van der Waals surface area (Å²) in [6.07, 6.45) is 5.98. The number of hydrogen-bond acceptors (Lipinski definition) is 3. The number of thioether (sulfide) groups is 1. The van der Waals surface area contributed by atoms with Crippen molar-refractivity contribution in [2.75, 3.05) is 11.5 Å². The average molecular weight is 261 g/mol. The van der Waals surface area contributed by atoms with Crippen molar-refractivity contribution in [3.05, 3.63) is 35.8 Å². The van der Waals surface area contributed by atoms with Gasteiger partial charge in [-0.3, -0.25) is 0 Å². The molecule has 4 heteroatoms. The molecule has 3 nitrogen and oxygen atoms in total. The zero-order valence-electron chi connectivity index (χ0n) is 10.5. The molecule has 1 atom stereocenters. The smallest absolute Gasteiger partial charge is 0.137 e. The predicted octanol–water partition coefficient (Wildman–Crippen LogP) is 2.48. The minimum atomic E-state index is 0.562. The van der Waals surface area contributed by atoms with Crippen LogP contribution in [0.3, 0.4) is 0 Å². The lowest BCUT2D eigenvalue weighted by molar-refractivity contribution is 0.516. The van der Waals surface area contributed by atoms with E-state index in [1.807, 2.05) is 6.07 Å². The number of aromatic nitrogens is 2. The molecule has 1 fully saturated rings. The number of pyridine rings is 1. The first-order valence-electron chi connectivity index (χ1n) is 6.60. The average Bonchev–Trinajstić information content (AvgIpc) is 2.82. The van der Waals surface area contributed by atoms with Crippen molar-refractivity contribution in [2.24, 2.45) is 11.7 Å². The number of rotatable bonds is 3. The van der Waals surface area contributed by atoms with Gasteiger partial charge in [0.2, 0.25) is 0 Å².